The maximum absolute atomic E-state index is 12.3. The first-order valence-corrected chi connectivity index (χ1v) is 10.8. The molecular weight excluding hydrogens is 426 g/mol. The van der Waals surface area contributed by atoms with Crippen LogP contribution in [-0.4, -0.2) is 39.7 Å². The van der Waals surface area contributed by atoms with Crippen LogP contribution in [0.25, 0.3) is 17.1 Å². The van der Waals surface area contributed by atoms with Crippen LogP contribution in [0.2, 0.25) is 0 Å². The van der Waals surface area contributed by atoms with Gasteiger partial charge in [0.1, 0.15) is 17.3 Å². The molecule has 162 valence electrons. The van der Waals surface area contributed by atoms with Crippen molar-refractivity contribution in [3.05, 3.63) is 78.3 Å². The molecule has 0 aliphatic heterocycles. The molecule has 2 heterocycles. The zero-order chi connectivity index (χ0) is 22.3. The van der Waals surface area contributed by atoms with Gasteiger partial charge in [-0.15, -0.1) is 10.2 Å². The summed E-state index contributed by atoms with van der Waals surface area (Å²) in [6.07, 6.45) is 1.46. The van der Waals surface area contributed by atoms with Crippen molar-refractivity contribution in [3.8, 4) is 22.8 Å². The SMILES string of the molecule is COc1ccc(-n2c(SCC(=O)N/N=C\c3ccc(C)o3)nnc2-c2ccccc2)cc1. The highest BCUT2D eigenvalue weighted by Gasteiger charge is 2.17. The Morgan fingerprint density at radius 3 is 2.59 bits per heavy atom. The summed E-state index contributed by atoms with van der Waals surface area (Å²) in [5.74, 6) is 2.64. The molecule has 4 rings (SSSR count). The standard InChI is InChI=1S/C23H21N5O3S/c1-16-8-11-20(31-16)14-24-25-21(29)15-32-23-27-26-22(17-6-4-3-5-7-17)28(23)18-9-12-19(30-2)13-10-18/h3-14H,15H2,1-2H3,(H,25,29)/b24-14-. The number of nitrogens with zero attached hydrogens (tertiary/aromatic N) is 4. The number of aromatic nitrogens is 3. The highest BCUT2D eigenvalue weighted by atomic mass is 32.2. The van der Waals surface area contributed by atoms with E-state index in [0.29, 0.717) is 16.7 Å². The normalized spacial score (nSPS) is 11.1. The second-order valence-corrected chi connectivity index (χ2v) is 7.68. The first-order valence-electron chi connectivity index (χ1n) is 9.80. The van der Waals surface area contributed by atoms with E-state index >= 15 is 0 Å². The average molecular weight is 448 g/mol. The third-order valence-electron chi connectivity index (χ3n) is 4.47. The Morgan fingerprint density at radius 1 is 1.12 bits per heavy atom. The molecule has 1 N–H and O–H groups in total. The van der Waals surface area contributed by atoms with Gasteiger partial charge in [0.25, 0.3) is 5.91 Å². The zero-order valence-corrected chi connectivity index (χ0v) is 18.4. The van der Waals surface area contributed by atoms with Gasteiger partial charge in [-0.1, -0.05) is 42.1 Å². The Balaban J connectivity index is 1.52. The van der Waals surface area contributed by atoms with Crippen molar-refractivity contribution in [2.75, 3.05) is 12.9 Å². The topological polar surface area (TPSA) is 94.5 Å². The molecule has 0 bridgehead atoms. The number of ether oxygens (including phenoxy) is 1. The molecule has 0 saturated carbocycles. The lowest BCUT2D eigenvalue weighted by Crippen LogP contribution is -2.19. The van der Waals surface area contributed by atoms with E-state index in [1.807, 2.05) is 72.2 Å². The molecule has 8 nitrogen and oxygen atoms in total. The van der Waals surface area contributed by atoms with Crippen LogP contribution in [-0.2, 0) is 4.79 Å². The van der Waals surface area contributed by atoms with Gasteiger partial charge in [-0.25, -0.2) is 5.43 Å². The Labute approximate surface area is 189 Å². The number of hydrazone groups is 1. The second kappa shape index (κ2) is 9.97. The van der Waals surface area contributed by atoms with Gasteiger partial charge in [0, 0.05) is 11.3 Å². The molecule has 0 aliphatic rings. The van der Waals surface area contributed by atoms with Crippen LogP contribution in [0.15, 0.2) is 81.4 Å². The van der Waals surface area contributed by atoms with Gasteiger partial charge in [0.2, 0.25) is 0 Å². The van der Waals surface area contributed by atoms with E-state index in [2.05, 4.69) is 20.7 Å². The number of hydrogen-bond acceptors (Lipinski definition) is 7. The number of rotatable bonds is 8. The van der Waals surface area contributed by atoms with E-state index in [1.165, 1.54) is 18.0 Å². The van der Waals surface area contributed by atoms with Crippen LogP contribution in [0.4, 0.5) is 0 Å². The summed E-state index contributed by atoms with van der Waals surface area (Å²) in [6, 6.07) is 21.0. The first-order chi connectivity index (χ1) is 15.6. The molecule has 9 heteroatoms. The smallest absolute Gasteiger partial charge is 0.250 e. The number of furan rings is 1. The van der Waals surface area contributed by atoms with E-state index in [9.17, 15) is 4.79 Å². The molecule has 4 aromatic rings. The minimum Gasteiger partial charge on any atom is -0.497 e. The maximum atomic E-state index is 12.3. The van der Waals surface area contributed by atoms with Gasteiger partial charge < -0.3 is 9.15 Å². The number of nitrogens with one attached hydrogen (secondary N) is 1. The predicted octanol–water partition coefficient (Wildman–Crippen LogP) is 4.09. The van der Waals surface area contributed by atoms with E-state index in [0.717, 1.165) is 22.8 Å². The molecule has 0 spiro atoms. The summed E-state index contributed by atoms with van der Waals surface area (Å²) in [5, 5.41) is 13.2. The minimum atomic E-state index is -0.264. The highest BCUT2D eigenvalue weighted by Crippen LogP contribution is 2.28. The molecule has 0 atom stereocenters. The number of carbonyl (C=O) groups is 1. The van der Waals surface area contributed by atoms with Crippen LogP contribution in [0.1, 0.15) is 11.5 Å². The van der Waals surface area contributed by atoms with Crippen LogP contribution in [0.3, 0.4) is 0 Å². The monoisotopic (exact) mass is 447 g/mol. The van der Waals surface area contributed by atoms with Gasteiger partial charge >= 0.3 is 0 Å². The number of thioether (sulfide) groups is 1. The van der Waals surface area contributed by atoms with E-state index in [4.69, 9.17) is 9.15 Å². The number of methoxy groups -OCH3 is 1. The fourth-order valence-corrected chi connectivity index (χ4v) is 3.70. The van der Waals surface area contributed by atoms with E-state index < -0.39 is 0 Å². The van der Waals surface area contributed by atoms with Crippen molar-refractivity contribution in [2.24, 2.45) is 5.10 Å². The Hall–Kier alpha value is -3.85. The van der Waals surface area contributed by atoms with Crippen molar-refractivity contribution in [1.29, 1.82) is 0 Å². The van der Waals surface area contributed by atoms with Gasteiger partial charge in [0.15, 0.2) is 11.0 Å². The lowest BCUT2D eigenvalue weighted by Gasteiger charge is -2.11. The van der Waals surface area contributed by atoms with Gasteiger partial charge in [0.05, 0.1) is 19.1 Å². The number of hydrogen-bond donors (Lipinski definition) is 1. The van der Waals surface area contributed by atoms with Gasteiger partial charge in [-0.05, 0) is 43.3 Å². The third kappa shape index (κ3) is 5.06. The molecule has 32 heavy (non-hydrogen) atoms. The fourth-order valence-electron chi connectivity index (χ4n) is 2.95. The van der Waals surface area contributed by atoms with Crippen LogP contribution >= 0.6 is 11.8 Å². The highest BCUT2D eigenvalue weighted by molar-refractivity contribution is 7.99. The summed E-state index contributed by atoms with van der Waals surface area (Å²) in [7, 11) is 1.62. The maximum Gasteiger partial charge on any atom is 0.250 e. The number of carbonyl (C=O) groups excluding carboxylic acids is 1. The van der Waals surface area contributed by atoms with Crippen LogP contribution in [0, 0.1) is 6.92 Å². The number of amides is 1. The fraction of sp³-hybridized carbons (Fsp3) is 0.130. The molecule has 2 aromatic carbocycles. The molecule has 0 radical (unpaired) electrons. The molecule has 0 unspecified atom stereocenters. The zero-order valence-electron chi connectivity index (χ0n) is 17.6. The number of benzene rings is 2. The lowest BCUT2D eigenvalue weighted by molar-refractivity contribution is -0.118. The van der Waals surface area contributed by atoms with Crippen LogP contribution in [0.5, 0.6) is 5.75 Å². The van der Waals surface area contributed by atoms with Crippen molar-refractivity contribution >= 4 is 23.9 Å². The van der Waals surface area contributed by atoms with Crippen molar-refractivity contribution < 1.29 is 13.9 Å². The summed E-state index contributed by atoms with van der Waals surface area (Å²) in [4.78, 5) is 12.3. The molecule has 1 amide bonds. The Bertz CT molecular complexity index is 1220. The van der Waals surface area contributed by atoms with Crippen LogP contribution < -0.4 is 10.2 Å². The number of aryl methyl sites for hydroxylation is 1. The summed E-state index contributed by atoms with van der Waals surface area (Å²) in [5.41, 5.74) is 4.29. The largest absolute Gasteiger partial charge is 0.497 e. The average Bonchev–Trinajstić information content (AvgIpc) is 3.44. The first kappa shape index (κ1) is 21.4. The van der Waals surface area contributed by atoms with E-state index in [-0.39, 0.29) is 11.7 Å². The van der Waals surface area contributed by atoms with Gasteiger partial charge in [-0.2, -0.15) is 5.10 Å². The van der Waals surface area contributed by atoms with Crippen molar-refractivity contribution in [1.82, 2.24) is 20.2 Å². The quantitative estimate of drug-likeness (QED) is 0.248. The Kier molecular flexibility index (Phi) is 6.66. The summed E-state index contributed by atoms with van der Waals surface area (Å²) >= 11 is 1.27. The molecule has 0 saturated heterocycles. The predicted molar refractivity (Wildman–Crippen MR) is 123 cm³/mol. The molecule has 0 aliphatic carbocycles. The Morgan fingerprint density at radius 2 is 1.91 bits per heavy atom. The lowest BCUT2D eigenvalue weighted by atomic mass is 10.2. The molecule has 2 aromatic heterocycles. The van der Waals surface area contributed by atoms with Gasteiger partial charge in [-0.3, -0.25) is 9.36 Å². The third-order valence-corrected chi connectivity index (χ3v) is 5.40. The van der Waals surface area contributed by atoms with E-state index in [1.54, 1.807) is 13.2 Å². The molecule has 0 fully saturated rings. The molecular formula is C23H21N5O3S. The second-order valence-electron chi connectivity index (χ2n) is 6.74. The summed E-state index contributed by atoms with van der Waals surface area (Å²) < 4.78 is 12.6. The van der Waals surface area contributed by atoms with Crippen molar-refractivity contribution in [2.45, 2.75) is 12.1 Å². The summed E-state index contributed by atoms with van der Waals surface area (Å²) in [6.45, 7) is 1.84. The minimum absolute atomic E-state index is 0.123. The van der Waals surface area contributed by atoms with Crippen molar-refractivity contribution in [3.63, 3.8) is 0 Å².